The highest BCUT2D eigenvalue weighted by Gasteiger charge is 2.23. The van der Waals surface area contributed by atoms with E-state index in [2.05, 4.69) is 31.1 Å². The van der Waals surface area contributed by atoms with Gasteiger partial charge in [0.15, 0.2) is 0 Å². The molecule has 0 aromatic carbocycles. The molecule has 3 heteroatoms. The second-order valence-electron chi connectivity index (χ2n) is 4.80. The van der Waals surface area contributed by atoms with Crippen LogP contribution in [0.15, 0.2) is 16.9 Å². The predicted molar refractivity (Wildman–Crippen MR) is 70.5 cm³/mol. The van der Waals surface area contributed by atoms with Crippen molar-refractivity contribution < 1.29 is 0 Å². The molecular formula is C13H25N3. The Hall–Kier alpha value is -0.830. The van der Waals surface area contributed by atoms with Gasteiger partial charge in [-0.15, -0.1) is 0 Å². The average Bonchev–Trinajstić information content (AvgIpc) is 3.03. The van der Waals surface area contributed by atoms with Gasteiger partial charge in [-0.2, -0.15) is 0 Å². The maximum Gasteiger partial charge on any atom is 0.0720 e. The van der Waals surface area contributed by atoms with Gasteiger partial charge >= 0.3 is 0 Å². The fraction of sp³-hybridized carbons (Fsp3) is 0.769. The summed E-state index contributed by atoms with van der Waals surface area (Å²) in [5.74, 6) is 0.535. The lowest BCUT2D eigenvalue weighted by atomic mass is 10.1. The van der Waals surface area contributed by atoms with Crippen molar-refractivity contribution in [2.75, 3.05) is 0 Å². The van der Waals surface area contributed by atoms with Gasteiger partial charge in [0.2, 0.25) is 0 Å². The Balaban J connectivity index is 2.40. The number of nitrogens with one attached hydrogen (secondary N) is 1. The fourth-order valence-corrected chi connectivity index (χ4v) is 1.73. The molecule has 1 fully saturated rings. The third-order valence-electron chi connectivity index (χ3n) is 2.90. The van der Waals surface area contributed by atoms with E-state index in [1.165, 1.54) is 25.7 Å². The second-order valence-corrected chi connectivity index (χ2v) is 4.80. The summed E-state index contributed by atoms with van der Waals surface area (Å²) >= 11 is 0. The van der Waals surface area contributed by atoms with Gasteiger partial charge < -0.3 is 11.1 Å². The minimum Gasteiger partial charge on any atom is -0.403 e. The van der Waals surface area contributed by atoms with Gasteiger partial charge in [0.25, 0.3) is 0 Å². The van der Waals surface area contributed by atoms with Gasteiger partial charge in [0.1, 0.15) is 0 Å². The number of rotatable bonds is 7. The van der Waals surface area contributed by atoms with Crippen LogP contribution in [-0.2, 0) is 0 Å². The zero-order valence-electron chi connectivity index (χ0n) is 10.7. The summed E-state index contributed by atoms with van der Waals surface area (Å²) in [5.41, 5.74) is 6.57. The molecule has 0 bridgehead atoms. The van der Waals surface area contributed by atoms with Crippen LogP contribution in [0.1, 0.15) is 46.5 Å². The van der Waals surface area contributed by atoms with E-state index in [0.717, 1.165) is 5.70 Å². The number of hydrogen-bond donors (Lipinski definition) is 2. The first-order valence-corrected chi connectivity index (χ1v) is 6.39. The Morgan fingerprint density at radius 1 is 1.50 bits per heavy atom. The summed E-state index contributed by atoms with van der Waals surface area (Å²) in [4.78, 5) is 4.49. The molecule has 0 heterocycles. The van der Waals surface area contributed by atoms with Crippen molar-refractivity contribution >= 4 is 6.21 Å². The Morgan fingerprint density at radius 3 is 2.69 bits per heavy atom. The molecule has 0 radical (unpaired) electrons. The predicted octanol–water partition coefficient (Wildman–Crippen LogP) is 2.43. The fourth-order valence-electron chi connectivity index (χ4n) is 1.73. The van der Waals surface area contributed by atoms with Gasteiger partial charge in [-0.3, -0.25) is 4.99 Å². The van der Waals surface area contributed by atoms with E-state index in [1.807, 2.05) is 6.21 Å². The minimum atomic E-state index is 0.266. The van der Waals surface area contributed by atoms with E-state index in [-0.39, 0.29) is 6.04 Å². The SMILES string of the molecule is CCCC(C)/C=N/C(=C\N)C(C)NC1CC1. The molecule has 92 valence electrons. The smallest absolute Gasteiger partial charge is 0.0720 e. The molecule has 1 aliphatic carbocycles. The van der Waals surface area contributed by atoms with E-state index >= 15 is 0 Å². The Bertz CT molecular complexity index is 254. The minimum absolute atomic E-state index is 0.266. The lowest BCUT2D eigenvalue weighted by Gasteiger charge is -2.13. The van der Waals surface area contributed by atoms with Gasteiger partial charge in [0.05, 0.1) is 5.70 Å². The van der Waals surface area contributed by atoms with Gasteiger partial charge in [-0.1, -0.05) is 20.3 Å². The summed E-state index contributed by atoms with van der Waals surface area (Å²) in [6.45, 7) is 6.51. The summed E-state index contributed by atoms with van der Waals surface area (Å²) in [5, 5.41) is 3.50. The summed E-state index contributed by atoms with van der Waals surface area (Å²) in [7, 11) is 0. The number of aliphatic imine (C=N–C) groups is 1. The topological polar surface area (TPSA) is 50.4 Å². The molecule has 0 saturated heterocycles. The molecule has 2 atom stereocenters. The lowest BCUT2D eigenvalue weighted by Crippen LogP contribution is -2.29. The maximum atomic E-state index is 5.61. The van der Waals surface area contributed by atoms with Crippen molar-refractivity contribution in [3.8, 4) is 0 Å². The lowest BCUT2D eigenvalue weighted by molar-refractivity contribution is 0.597. The zero-order valence-corrected chi connectivity index (χ0v) is 10.7. The molecule has 0 aliphatic heterocycles. The van der Waals surface area contributed by atoms with Gasteiger partial charge in [-0.25, -0.2) is 0 Å². The van der Waals surface area contributed by atoms with Crippen molar-refractivity contribution in [2.45, 2.75) is 58.5 Å². The molecule has 0 spiro atoms. The van der Waals surface area contributed by atoms with Crippen LogP contribution in [-0.4, -0.2) is 18.3 Å². The molecule has 0 amide bonds. The average molecular weight is 223 g/mol. The Labute approximate surface area is 99.2 Å². The van der Waals surface area contributed by atoms with Crippen LogP contribution in [0.4, 0.5) is 0 Å². The molecule has 1 rings (SSSR count). The molecule has 16 heavy (non-hydrogen) atoms. The maximum absolute atomic E-state index is 5.61. The van der Waals surface area contributed by atoms with Gasteiger partial charge in [-0.05, 0) is 32.1 Å². The summed E-state index contributed by atoms with van der Waals surface area (Å²) in [6.07, 6.45) is 8.61. The normalized spacial score (nSPS) is 21.3. The highest BCUT2D eigenvalue weighted by atomic mass is 15.0. The van der Waals surface area contributed by atoms with Crippen molar-refractivity contribution in [1.29, 1.82) is 0 Å². The van der Waals surface area contributed by atoms with E-state index in [0.29, 0.717) is 12.0 Å². The highest BCUT2D eigenvalue weighted by Crippen LogP contribution is 2.20. The molecule has 2 unspecified atom stereocenters. The van der Waals surface area contributed by atoms with E-state index in [9.17, 15) is 0 Å². The first-order chi connectivity index (χ1) is 7.67. The van der Waals surface area contributed by atoms with E-state index in [4.69, 9.17) is 5.73 Å². The number of nitrogens with zero attached hydrogens (tertiary/aromatic N) is 1. The first kappa shape index (κ1) is 13.2. The quantitative estimate of drug-likeness (QED) is 0.651. The van der Waals surface area contributed by atoms with Crippen LogP contribution in [0.25, 0.3) is 0 Å². The van der Waals surface area contributed by atoms with Gasteiger partial charge in [0, 0.05) is 24.5 Å². The molecule has 3 nitrogen and oxygen atoms in total. The van der Waals surface area contributed by atoms with Crippen molar-refractivity contribution in [3.63, 3.8) is 0 Å². The number of nitrogens with two attached hydrogens (primary N) is 1. The van der Waals surface area contributed by atoms with Crippen LogP contribution in [0.3, 0.4) is 0 Å². The van der Waals surface area contributed by atoms with Crippen LogP contribution in [0, 0.1) is 5.92 Å². The van der Waals surface area contributed by atoms with Crippen molar-refractivity contribution in [3.05, 3.63) is 11.9 Å². The van der Waals surface area contributed by atoms with Crippen LogP contribution in [0.2, 0.25) is 0 Å². The monoisotopic (exact) mass is 223 g/mol. The molecule has 1 aliphatic rings. The summed E-state index contributed by atoms with van der Waals surface area (Å²) < 4.78 is 0. The standard InChI is InChI=1S/C13H25N3/c1-4-5-10(2)9-15-13(8-14)11(3)16-12-6-7-12/h8-12,16H,4-7,14H2,1-3H3/b13-8-,15-9+. The third kappa shape index (κ3) is 4.79. The Morgan fingerprint density at radius 2 is 2.19 bits per heavy atom. The molecule has 0 aromatic rings. The third-order valence-corrected chi connectivity index (χ3v) is 2.90. The molecule has 1 saturated carbocycles. The second kappa shape index (κ2) is 6.69. The zero-order chi connectivity index (χ0) is 12.0. The highest BCUT2D eigenvalue weighted by molar-refractivity contribution is 5.61. The molecule has 3 N–H and O–H groups in total. The molecular weight excluding hydrogens is 198 g/mol. The first-order valence-electron chi connectivity index (χ1n) is 6.39. The van der Waals surface area contributed by atoms with E-state index in [1.54, 1.807) is 6.20 Å². The Kier molecular flexibility index (Phi) is 5.53. The summed E-state index contributed by atoms with van der Waals surface area (Å²) in [6, 6.07) is 0.954. The molecule has 0 aromatic heterocycles. The van der Waals surface area contributed by atoms with E-state index < -0.39 is 0 Å². The van der Waals surface area contributed by atoms with Crippen LogP contribution >= 0.6 is 0 Å². The van der Waals surface area contributed by atoms with Crippen LogP contribution < -0.4 is 11.1 Å². The van der Waals surface area contributed by atoms with Crippen LogP contribution in [0.5, 0.6) is 0 Å². The largest absolute Gasteiger partial charge is 0.403 e. The van der Waals surface area contributed by atoms with Crippen molar-refractivity contribution in [1.82, 2.24) is 5.32 Å². The van der Waals surface area contributed by atoms with Crippen molar-refractivity contribution in [2.24, 2.45) is 16.6 Å². The number of hydrogen-bond acceptors (Lipinski definition) is 3.